The Labute approximate surface area is 183 Å². The number of hydrogen-bond donors (Lipinski definition) is 2. The minimum Gasteiger partial charge on any atom is -0.484 e. The van der Waals surface area contributed by atoms with Crippen LogP contribution in [0.4, 0.5) is 0 Å². The number of carbonyl (C=O) groups is 1. The second-order valence-electron chi connectivity index (χ2n) is 7.16. The summed E-state index contributed by atoms with van der Waals surface area (Å²) in [6.45, 7) is 2.59. The molecule has 31 heavy (non-hydrogen) atoms. The SMILES string of the molecule is Cc1cccc(CNC(=O)COc2ccc(S(=O)(=O)NCCc3ccccc3)cc2)c1. The van der Waals surface area contributed by atoms with Gasteiger partial charge in [0.25, 0.3) is 5.91 Å². The lowest BCUT2D eigenvalue weighted by Crippen LogP contribution is -2.28. The van der Waals surface area contributed by atoms with Crippen molar-refractivity contribution in [1.82, 2.24) is 10.0 Å². The van der Waals surface area contributed by atoms with Gasteiger partial charge >= 0.3 is 0 Å². The second kappa shape index (κ2) is 10.7. The van der Waals surface area contributed by atoms with Crippen LogP contribution in [0.5, 0.6) is 5.75 Å². The Morgan fingerprint density at radius 2 is 1.61 bits per heavy atom. The zero-order valence-electron chi connectivity index (χ0n) is 17.4. The summed E-state index contributed by atoms with van der Waals surface area (Å²) in [5.74, 6) is 0.176. The van der Waals surface area contributed by atoms with Crippen molar-refractivity contribution in [2.45, 2.75) is 24.8 Å². The van der Waals surface area contributed by atoms with Crippen LogP contribution in [-0.4, -0.2) is 27.5 Å². The van der Waals surface area contributed by atoms with Crippen LogP contribution >= 0.6 is 0 Å². The Bertz CT molecular complexity index is 1100. The highest BCUT2D eigenvalue weighted by molar-refractivity contribution is 7.89. The maximum Gasteiger partial charge on any atom is 0.258 e. The molecule has 3 aromatic rings. The number of carbonyl (C=O) groups excluding carboxylic acids is 1. The van der Waals surface area contributed by atoms with Gasteiger partial charge in [0, 0.05) is 13.1 Å². The standard InChI is InChI=1S/C24H26N2O4S/c1-19-6-5-9-21(16-19)17-25-24(27)18-30-22-10-12-23(13-11-22)31(28,29)26-15-14-20-7-3-2-4-8-20/h2-13,16,26H,14-15,17-18H2,1H3,(H,25,27). The molecule has 0 fully saturated rings. The number of hydrogen-bond acceptors (Lipinski definition) is 4. The van der Waals surface area contributed by atoms with Crippen LogP contribution in [0.1, 0.15) is 16.7 Å². The van der Waals surface area contributed by atoms with E-state index >= 15 is 0 Å². The fraction of sp³-hybridized carbons (Fsp3) is 0.208. The van der Waals surface area contributed by atoms with E-state index in [4.69, 9.17) is 4.74 Å². The van der Waals surface area contributed by atoms with Crippen LogP contribution in [0.3, 0.4) is 0 Å². The van der Waals surface area contributed by atoms with Gasteiger partial charge in [-0.15, -0.1) is 0 Å². The van der Waals surface area contributed by atoms with Crippen LogP contribution in [0.25, 0.3) is 0 Å². The van der Waals surface area contributed by atoms with Crippen LogP contribution in [-0.2, 0) is 27.8 Å². The Balaban J connectivity index is 1.44. The van der Waals surface area contributed by atoms with Gasteiger partial charge in [0.1, 0.15) is 5.75 Å². The van der Waals surface area contributed by atoms with Crippen molar-refractivity contribution in [3.63, 3.8) is 0 Å². The van der Waals surface area contributed by atoms with Crippen LogP contribution in [0, 0.1) is 6.92 Å². The summed E-state index contributed by atoms with van der Waals surface area (Å²) in [4.78, 5) is 12.1. The molecule has 0 aromatic heterocycles. The minimum absolute atomic E-state index is 0.146. The molecule has 0 radical (unpaired) electrons. The molecule has 0 aliphatic heterocycles. The molecule has 6 nitrogen and oxygen atoms in total. The molecule has 162 valence electrons. The summed E-state index contributed by atoms with van der Waals surface area (Å²) in [6.07, 6.45) is 0.610. The van der Waals surface area contributed by atoms with Crippen molar-refractivity contribution in [1.29, 1.82) is 0 Å². The summed E-state index contributed by atoms with van der Waals surface area (Å²) in [7, 11) is -3.61. The first-order valence-corrected chi connectivity index (χ1v) is 11.5. The summed E-state index contributed by atoms with van der Waals surface area (Å²) in [6, 6.07) is 23.6. The predicted molar refractivity (Wildman–Crippen MR) is 120 cm³/mol. The molecule has 0 aliphatic carbocycles. The van der Waals surface area contributed by atoms with E-state index in [1.165, 1.54) is 12.1 Å². The van der Waals surface area contributed by atoms with Crippen molar-refractivity contribution >= 4 is 15.9 Å². The smallest absolute Gasteiger partial charge is 0.258 e. The third-order valence-electron chi connectivity index (χ3n) is 4.62. The third kappa shape index (κ3) is 7.24. The van der Waals surface area contributed by atoms with Gasteiger partial charge in [0.15, 0.2) is 6.61 Å². The van der Waals surface area contributed by atoms with E-state index < -0.39 is 10.0 Å². The number of rotatable bonds is 10. The monoisotopic (exact) mass is 438 g/mol. The number of benzene rings is 3. The number of nitrogens with one attached hydrogen (secondary N) is 2. The van der Waals surface area contributed by atoms with Crippen molar-refractivity contribution in [2.24, 2.45) is 0 Å². The molecule has 0 bridgehead atoms. The fourth-order valence-corrected chi connectivity index (χ4v) is 4.03. The lowest BCUT2D eigenvalue weighted by Gasteiger charge is -2.10. The van der Waals surface area contributed by atoms with Crippen LogP contribution in [0.2, 0.25) is 0 Å². The van der Waals surface area contributed by atoms with E-state index in [0.717, 1.165) is 16.7 Å². The summed E-state index contributed by atoms with van der Waals surface area (Å²) >= 11 is 0. The first-order chi connectivity index (χ1) is 14.9. The highest BCUT2D eigenvalue weighted by Gasteiger charge is 2.13. The van der Waals surface area contributed by atoms with Gasteiger partial charge in [-0.1, -0.05) is 60.2 Å². The molecule has 2 N–H and O–H groups in total. The van der Waals surface area contributed by atoms with E-state index in [-0.39, 0.29) is 17.4 Å². The largest absolute Gasteiger partial charge is 0.484 e. The molecule has 3 rings (SSSR count). The van der Waals surface area contributed by atoms with E-state index in [1.807, 2.05) is 61.5 Å². The van der Waals surface area contributed by atoms with Crippen LogP contribution in [0.15, 0.2) is 83.8 Å². The van der Waals surface area contributed by atoms with E-state index in [9.17, 15) is 13.2 Å². The Hall–Kier alpha value is -3.16. The van der Waals surface area contributed by atoms with Crippen molar-refractivity contribution in [2.75, 3.05) is 13.2 Å². The number of sulfonamides is 1. The fourth-order valence-electron chi connectivity index (χ4n) is 3.00. The van der Waals surface area contributed by atoms with Crippen molar-refractivity contribution in [3.8, 4) is 5.75 Å². The minimum atomic E-state index is -3.61. The molecular weight excluding hydrogens is 412 g/mol. The molecule has 0 spiro atoms. The van der Waals surface area contributed by atoms with Crippen LogP contribution < -0.4 is 14.8 Å². The van der Waals surface area contributed by atoms with E-state index in [1.54, 1.807) is 12.1 Å². The van der Waals surface area contributed by atoms with Crippen molar-refractivity contribution in [3.05, 3.63) is 95.6 Å². The molecular formula is C24H26N2O4S. The topological polar surface area (TPSA) is 84.5 Å². The van der Waals surface area contributed by atoms with Gasteiger partial charge < -0.3 is 10.1 Å². The van der Waals surface area contributed by atoms with Gasteiger partial charge in [-0.05, 0) is 48.7 Å². The Morgan fingerprint density at radius 1 is 0.903 bits per heavy atom. The maximum atomic E-state index is 12.4. The van der Waals surface area contributed by atoms with Gasteiger partial charge in [-0.2, -0.15) is 0 Å². The zero-order chi connectivity index (χ0) is 22.1. The quantitative estimate of drug-likeness (QED) is 0.509. The molecule has 1 amide bonds. The van der Waals surface area contributed by atoms with E-state index in [2.05, 4.69) is 10.0 Å². The lowest BCUT2D eigenvalue weighted by molar-refractivity contribution is -0.123. The lowest BCUT2D eigenvalue weighted by atomic mass is 10.1. The first kappa shape index (κ1) is 22.5. The van der Waals surface area contributed by atoms with Gasteiger partial charge in [0.05, 0.1) is 4.90 Å². The summed E-state index contributed by atoms with van der Waals surface area (Å²) in [5, 5.41) is 2.80. The predicted octanol–water partition coefficient (Wildman–Crippen LogP) is 3.21. The molecule has 0 heterocycles. The number of ether oxygens (including phenoxy) is 1. The third-order valence-corrected chi connectivity index (χ3v) is 6.10. The molecule has 0 saturated heterocycles. The molecule has 0 atom stereocenters. The number of amides is 1. The van der Waals surface area contributed by atoms with Crippen molar-refractivity contribution < 1.29 is 17.9 Å². The van der Waals surface area contributed by atoms with E-state index in [0.29, 0.717) is 25.3 Å². The molecule has 0 unspecified atom stereocenters. The van der Waals surface area contributed by atoms with Gasteiger partial charge in [-0.3, -0.25) is 4.79 Å². The first-order valence-electron chi connectivity index (χ1n) is 10.0. The summed E-state index contributed by atoms with van der Waals surface area (Å²) in [5.41, 5.74) is 3.21. The molecule has 0 saturated carbocycles. The Kier molecular flexibility index (Phi) is 7.81. The van der Waals surface area contributed by atoms with Gasteiger partial charge in [0.2, 0.25) is 10.0 Å². The zero-order valence-corrected chi connectivity index (χ0v) is 18.2. The molecule has 7 heteroatoms. The molecule has 0 aliphatic rings. The highest BCUT2D eigenvalue weighted by Crippen LogP contribution is 2.16. The Morgan fingerprint density at radius 3 is 2.32 bits per heavy atom. The summed E-state index contributed by atoms with van der Waals surface area (Å²) < 4.78 is 32.9. The number of aryl methyl sites for hydroxylation is 1. The second-order valence-corrected chi connectivity index (χ2v) is 8.93. The average molecular weight is 439 g/mol. The molecule has 3 aromatic carbocycles. The normalized spacial score (nSPS) is 11.1. The highest BCUT2D eigenvalue weighted by atomic mass is 32.2. The maximum absolute atomic E-state index is 12.4. The van der Waals surface area contributed by atoms with Gasteiger partial charge in [-0.25, -0.2) is 13.1 Å². The average Bonchev–Trinajstić information content (AvgIpc) is 2.77.